The van der Waals surface area contributed by atoms with E-state index in [0.717, 1.165) is 31.3 Å². The van der Waals surface area contributed by atoms with E-state index in [1.807, 2.05) is 13.0 Å². The molecule has 0 spiro atoms. The minimum atomic E-state index is -0.883. The summed E-state index contributed by atoms with van der Waals surface area (Å²) in [6, 6.07) is 0. The van der Waals surface area contributed by atoms with Crippen LogP contribution in [0.4, 0.5) is 0 Å². The van der Waals surface area contributed by atoms with Gasteiger partial charge in [-0.25, -0.2) is 0 Å². The zero-order valence-electron chi connectivity index (χ0n) is 17.0. The molecule has 0 amide bonds. The number of carbonyl (C=O) groups excluding carboxylic acids is 1. The van der Waals surface area contributed by atoms with Gasteiger partial charge in [0.2, 0.25) is 0 Å². The summed E-state index contributed by atoms with van der Waals surface area (Å²) in [5.41, 5.74) is 2.88. The first-order valence-corrected chi connectivity index (χ1v) is 9.71. The summed E-state index contributed by atoms with van der Waals surface area (Å²) < 4.78 is 11.5. The zero-order chi connectivity index (χ0) is 19.5. The maximum absolute atomic E-state index is 11.7. The second-order valence-corrected chi connectivity index (χ2v) is 8.23. The van der Waals surface area contributed by atoms with Crippen molar-refractivity contribution in [3.63, 3.8) is 0 Å². The normalized spacial score (nSPS) is 39.4. The molecular formula is C22H34O4. The van der Waals surface area contributed by atoms with Crippen LogP contribution in [0.15, 0.2) is 34.9 Å². The third-order valence-corrected chi connectivity index (χ3v) is 5.53. The van der Waals surface area contributed by atoms with E-state index in [0.29, 0.717) is 0 Å². The van der Waals surface area contributed by atoms with Gasteiger partial charge in [0.05, 0.1) is 6.10 Å². The van der Waals surface area contributed by atoms with Crippen molar-refractivity contribution < 1.29 is 19.4 Å². The molecule has 1 saturated heterocycles. The number of esters is 1. The Hall–Kier alpha value is -1.39. The van der Waals surface area contributed by atoms with Crippen molar-refractivity contribution >= 4 is 5.97 Å². The van der Waals surface area contributed by atoms with Crippen LogP contribution in [-0.2, 0) is 14.3 Å². The van der Waals surface area contributed by atoms with Gasteiger partial charge in [0.1, 0.15) is 11.7 Å². The Kier molecular flexibility index (Phi) is 6.86. The van der Waals surface area contributed by atoms with Crippen molar-refractivity contribution in [2.75, 3.05) is 0 Å². The van der Waals surface area contributed by atoms with E-state index in [2.05, 4.69) is 39.8 Å². The predicted molar refractivity (Wildman–Crippen MR) is 104 cm³/mol. The number of ether oxygens (including phenoxy) is 2. The number of fused-ring (bicyclic) bond motifs is 1. The van der Waals surface area contributed by atoms with Crippen LogP contribution in [0, 0.1) is 5.92 Å². The van der Waals surface area contributed by atoms with Gasteiger partial charge in [-0.3, -0.25) is 4.79 Å². The van der Waals surface area contributed by atoms with E-state index < -0.39 is 17.8 Å². The van der Waals surface area contributed by atoms with Gasteiger partial charge in [0, 0.05) is 6.92 Å². The Bertz CT molecular complexity index is 614. The van der Waals surface area contributed by atoms with E-state index in [-0.39, 0.29) is 18.0 Å². The fourth-order valence-corrected chi connectivity index (χ4v) is 3.62. The standard InChI is InChI=1S/C22H34O4/c1-14(2)18-12-10-15(3)8-7-9-16(4)11-13-19-22(6,26-19)21(24)20(18)25-17(5)23/h9-10,12,14,19-21,24H,7-8,11,13H2,1-6H3/b15-10+,16-9+,18-12-/t19-,20+,21-,22+/m0/s1. The minimum Gasteiger partial charge on any atom is -0.455 e. The van der Waals surface area contributed by atoms with Crippen LogP contribution < -0.4 is 0 Å². The summed E-state index contributed by atoms with van der Waals surface area (Å²) in [6.07, 6.45) is 8.67. The molecule has 26 heavy (non-hydrogen) atoms. The molecule has 1 aliphatic heterocycles. The number of carbonyl (C=O) groups is 1. The largest absolute Gasteiger partial charge is 0.455 e. The van der Waals surface area contributed by atoms with Crippen LogP contribution in [-0.4, -0.2) is 35.0 Å². The number of rotatable bonds is 2. The highest BCUT2D eigenvalue weighted by atomic mass is 16.6. The van der Waals surface area contributed by atoms with Gasteiger partial charge in [-0.1, -0.05) is 43.2 Å². The summed E-state index contributed by atoms with van der Waals surface area (Å²) in [5.74, 6) is -0.240. The number of hydrogen-bond donors (Lipinski definition) is 1. The SMILES string of the molecule is CC(=O)O[C@@H]1/C(C(C)C)=C\C=C(/C)CC/C=C(\C)CC[C@@H]2O[C@@]2(C)[C@H]1O. The highest BCUT2D eigenvalue weighted by Gasteiger charge is 2.60. The molecule has 0 radical (unpaired) electrons. The lowest BCUT2D eigenvalue weighted by Crippen LogP contribution is -2.44. The van der Waals surface area contributed by atoms with Crippen molar-refractivity contribution in [3.8, 4) is 0 Å². The number of aliphatic hydroxyl groups is 1. The summed E-state index contributed by atoms with van der Waals surface area (Å²) >= 11 is 0. The van der Waals surface area contributed by atoms with Crippen LogP contribution in [0.1, 0.15) is 67.2 Å². The predicted octanol–water partition coefficient (Wildman–Crippen LogP) is 4.49. The summed E-state index contributed by atoms with van der Waals surface area (Å²) in [7, 11) is 0. The van der Waals surface area contributed by atoms with E-state index in [1.165, 1.54) is 18.1 Å². The van der Waals surface area contributed by atoms with Crippen molar-refractivity contribution in [2.24, 2.45) is 5.92 Å². The Labute approximate surface area is 158 Å². The molecule has 0 saturated carbocycles. The smallest absolute Gasteiger partial charge is 0.303 e. The van der Waals surface area contributed by atoms with Gasteiger partial charge < -0.3 is 14.6 Å². The summed E-state index contributed by atoms with van der Waals surface area (Å²) in [5, 5.41) is 11.1. The van der Waals surface area contributed by atoms with Crippen LogP contribution >= 0.6 is 0 Å². The molecule has 4 heteroatoms. The van der Waals surface area contributed by atoms with Gasteiger partial charge in [-0.15, -0.1) is 0 Å². The fourth-order valence-electron chi connectivity index (χ4n) is 3.62. The monoisotopic (exact) mass is 362 g/mol. The van der Waals surface area contributed by atoms with E-state index >= 15 is 0 Å². The lowest BCUT2D eigenvalue weighted by atomic mass is 9.85. The quantitative estimate of drug-likeness (QED) is 0.447. The molecule has 1 aliphatic carbocycles. The molecule has 1 fully saturated rings. The Morgan fingerprint density at radius 2 is 1.96 bits per heavy atom. The highest BCUT2D eigenvalue weighted by molar-refractivity contribution is 5.66. The van der Waals surface area contributed by atoms with Gasteiger partial charge in [-0.2, -0.15) is 0 Å². The van der Waals surface area contributed by atoms with Crippen LogP contribution in [0.3, 0.4) is 0 Å². The molecule has 1 heterocycles. The minimum absolute atomic E-state index is 0.00691. The molecule has 4 nitrogen and oxygen atoms in total. The number of allylic oxidation sites excluding steroid dienone is 5. The van der Waals surface area contributed by atoms with Crippen LogP contribution in [0.25, 0.3) is 0 Å². The van der Waals surface area contributed by atoms with E-state index in [4.69, 9.17) is 9.47 Å². The zero-order valence-corrected chi connectivity index (χ0v) is 17.0. The molecule has 4 atom stereocenters. The Balaban J connectivity index is 2.40. The van der Waals surface area contributed by atoms with Gasteiger partial charge in [0.15, 0.2) is 6.10 Å². The molecule has 0 aromatic rings. The van der Waals surface area contributed by atoms with Gasteiger partial charge >= 0.3 is 5.97 Å². The average molecular weight is 363 g/mol. The maximum atomic E-state index is 11.7. The third-order valence-electron chi connectivity index (χ3n) is 5.53. The lowest BCUT2D eigenvalue weighted by molar-refractivity contribution is -0.152. The fraction of sp³-hybridized carbons (Fsp3) is 0.682. The summed E-state index contributed by atoms with van der Waals surface area (Å²) in [4.78, 5) is 11.7. The van der Waals surface area contributed by atoms with Crippen molar-refractivity contribution in [2.45, 2.75) is 91.1 Å². The van der Waals surface area contributed by atoms with E-state index in [1.54, 1.807) is 0 Å². The third kappa shape index (κ3) is 5.08. The first-order chi connectivity index (χ1) is 12.1. The molecule has 0 unspecified atom stereocenters. The highest BCUT2D eigenvalue weighted by Crippen LogP contribution is 2.45. The van der Waals surface area contributed by atoms with Crippen molar-refractivity contribution in [3.05, 3.63) is 34.9 Å². The molecule has 1 N–H and O–H groups in total. The molecule has 2 aliphatic rings. The Morgan fingerprint density at radius 1 is 1.27 bits per heavy atom. The second-order valence-electron chi connectivity index (χ2n) is 8.23. The number of hydrogen-bond acceptors (Lipinski definition) is 4. The number of aliphatic hydroxyl groups excluding tert-OH is 1. The van der Waals surface area contributed by atoms with Crippen LogP contribution in [0.5, 0.6) is 0 Å². The van der Waals surface area contributed by atoms with Gasteiger partial charge in [-0.05, 0) is 57.9 Å². The van der Waals surface area contributed by atoms with E-state index in [9.17, 15) is 9.90 Å². The molecule has 146 valence electrons. The van der Waals surface area contributed by atoms with Crippen molar-refractivity contribution in [1.82, 2.24) is 0 Å². The molecule has 0 aromatic carbocycles. The molecule has 0 aromatic heterocycles. The molecule has 0 bridgehead atoms. The average Bonchev–Trinajstić information content (AvgIpc) is 3.22. The molecular weight excluding hydrogens is 328 g/mol. The Morgan fingerprint density at radius 3 is 2.58 bits per heavy atom. The lowest BCUT2D eigenvalue weighted by Gasteiger charge is -2.30. The molecule has 2 rings (SSSR count). The number of epoxide rings is 1. The maximum Gasteiger partial charge on any atom is 0.303 e. The second kappa shape index (κ2) is 8.53. The van der Waals surface area contributed by atoms with Crippen LogP contribution in [0.2, 0.25) is 0 Å². The topological polar surface area (TPSA) is 59.1 Å². The first kappa shape index (κ1) is 20.9. The summed E-state index contributed by atoms with van der Waals surface area (Å²) in [6.45, 7) is 11.7. The first-order valence-electron chi connectivity index (χ1n) is 9.71. The van der Waals surface area contributed by atoms with Gasteiger partial charge in [0.25, 0.3) is 0 Å². The van der Waals surface area contributed by atoms with Crippen molar-refractivity contribution in [1.29, 1.82) is 0 Å².